The third-order valence-corrected chi connectivity index (χ3v) is 8.06. The fourth-order valence-electron chi connectivity index (χ4n) is 5.62. The number of hydrogen-bond donors (Lipinski definition) is 3. The normalized spacial score (nSPS) is 17.8. The van der Waals surface area contributed by atoms with Crippen LogP contribution in [0.5, 0.6) is 0 Å². The molecule has 1 aliphatic rings. The summed E-state index contributed by atoms with van der Waals surface area (Å²) in [6, 6.07) is 27.2. The number of nitrogens with zero attached hydrogens (tertiary/aromatic N) is 2. The number of hydrazine groups is 1. The van der Waals surface area contributed by atoms with Crippen molar-refractivity contribution in [2.45, 2.75) is 51.1 Å². The number of benzene rings is 3. The molecule has 1 aliphatic heterocycles. The Hall–Kier alpha value is -4.01. The molecule has 2 atom stereocenters. The second-order valence-corrected chi connectivity index (χ2v) is 11.9. The summed E-state index contributed by atoms with van der Waals surface area (Å²) >= 11 is 0. The summed E-state index contributed by atoms with van der Waals surface area (Å²) in [5, 5.41) is 4.43. The van der Waals surface area contributed by atoms with Gasteiger partial charge in [-0.15, -0.1) is 0 Å². The van der Waals surface area contributed by atoms with Crippen molar-refractivity contribution in [3.05, 3.63) is 96.1 Å². The molecular formula is C34H43N5O3. The van der Waals surface area contributed by atoms with Crippen molar-refractivity contribution in [1.29, 1.82) is 0 Å². The Balaban J connectivity index is 1.61. The van der Waals surface area contributed by atoms with Gasteiger partial charge in [-0.1, -0.05) is 84.9 Å². The highest BCUT2D eigenvalue weighted by atomic mass is 16.2. The number of likely N-dealkylation sites (tertiary alicyclic amines) is 1. The van der Waals surface area contributed by atoms with Crippen LogP contribution >= 0.6 is 0 Å². The zero-order valence-electron chi connectivity index (χ0n) is 25.1. The van der Waals surface area contributed by atoms with E-state index in [0.29, 0.717) is 32.2 Å². The smallest absolute Gasteiger partial charge is 0.245 e. The number of rotatable bonds is 10. The summed E-state index contributed by atoms with van der Waals surface area (Å²) in [5.74, 6) is -0.677. The number of nitrogens with two attached hydrogens (primary N) is 1. The first kappa shape index (κ1) is 30.9. The first-order chi connectivity index (χ1) is 20.0. The Bertz CT molecular complexity index is 1360. The molecule has 0 spiro atoms. The van der Waals surface area contributed by atoms with Crippen LogP contribution in [0.2, 0.25) is 0 Å². The maximum Gasteiger partial charge on any atom is 0.245 e. The second-order valence-electron chi connectivity index (χ2n) is 11.9. The third-order valence-electron chi connectivity index (χ3n) is 8.06. The largest absolute Gasteiger partial charge is 0.342 e. The van der Waals surface area contributed by atoms with Crippen LogP contribution in [-0.4, -0.2) is 66.4 Å². The van der Waals surface area contributed by atoms with Crippen LogP contribution in [0.15, 0.2) is 84.9 Å². The van der Waals surface area contributed by atoms with E-state index in [2.05, 4.69) is 22.9 Å². The highest BCUT2D eigenvalue weighted by Gasteiger charge is 2.46. The van der Waals surface area contributed by atoms with Gasteiger partial charge in [0.15, 0.2) is 0 Å². The number of amides is 3. The maximum atomic E-state index is 14.2. The fraction of sp³-hybridized carbons (Fsp3) is 0.382. The standard InChI is InChI=1S/C34H43N5O3/c1-33(2,35)31(41)37-29(22-25-16-18-28(19-17-25)27-14-9-6-10-15-27)30(40)39-21-11-20-34(24-39,32(42)38(4)36-3)23-26-12-7-5-8-13-26/h5-10,12-19,29,36H,11,20-24,35H2,1-4H3,(H,37,41). The van der Waals surface area contributed by atoms with Crippen LogP contribution in [0.1, 0.15) is 37.8 Å². The van der Waals surface area contributed by atoms with Gasteiger partial charge in [0.05, 0.1) is 11.0 Å². The molecule has 8 nitrogen and oxygen atoms in total. The summed E-state index contributed by atoms with van der Waals surface area (Å²) in [6.07, 6.45) is 2.15. The molecule has 3 amide bonds. The lowest BCUT2D eigenvalue weighted by atomic mass is 9.74. The van der Waals surface area contributed by atoms with Crippen LogP contribution in [0.3, 0.4) is 0 Å². The van der Waals surface area contributed by atoms with Gasteiger partial charge in [0.2, 0.25) is 17.7 Å². The van der Waals surface area contributed by atoms with Crippen LogP contribution < -0.4 is 16.5 Å². The predicted molar refractivity (Wildman–Crippen MR) is 166 cm³/mol. The maximum absolute atomic E-state index is 14.2. The molecule has 0 bridgehead atoms. The van der Waals surface area contributed by atoms with Crippen LogP contribution in [0, 0.1) is 5.41 Å². The van der Waals surface area contributed by atoms with E-state index in [1.165, 1.54) is 5.01 Å². The Morgan fingerprint density at radius 1 is 0.929 bits per heavy atom. The van der Waals surface area contributed by atoms with Crippen molar-refractivity contribution in [3.63, 3.8) is 0 Å². The first-order valence-corrected chi connectivity index (χ1v) is 14.5. The van der Waals surface area contributed by atoms with Gasteiger partial charge in [-0.2, -0.15) is 0 Å². The van der Waals surface area contributed by atoms with E-state index < -0.39 is 22.9 Å². The topological polar surface area (TPSA) is 108 Å². The molecule has 2 unspecified atom stereocenters. The summed E-state index contributed by atoms with van der Waals surface area (Å²) in [6.45, 7) is 4.02. The number of piperidine rings is 1. The molecule has 42 heavy (non-hydrogen) atoms. The van der Waals surface area contributed by atoms with E-state index in [0.717, 1.165) is 22.3 Å². The van der Waals surface area contributed by atoms with Gasteiger partial charge in [0.1, 0.15) is 6.04 Å². The lowest BCUT2D eigenvalue weighted by Crippen LogP contribution is -2.61. The molecule has 0 radical (unpaired) electrons. The Kier molecular flexibility index (Phi) is 9.81. The average molecular weight is 570 g/mol. The monoisotopic (exact) mass is 569 g/mol. The van der Waals surface area contributed by atoms with Crippen molar-refractivity contribution in [2.75, 3.05) is 27.2 Å². The minimum Gasteiger partial charge on any atom is -0.342 e. The van der Waals surface area contributed by atoms with Crippen molar-refractivity contribution >= 4 is 17.7 Å². The van der Waals surface area contributed by atoms with Gasteiger partial charge >= 0.3 is 0 Å². The van der Waals surface area contributed by atoms with Crippen LogP contribution in [0.4, 0.5) is 0 Å². The van der Waals surface area contributed by atoms with Crippen molar-refractivity contribution in [3.8, 4) is 11.1 Å². The molecule has 222 valence electrons. The molecule has 1 saturated heterocycles. The van der Waals surface area contributed by atoms with Gasteiger partial charge in [-0.3, -0.25) is 19.4 Å². The van der Waals surface area contributed by atoms with Crippen molar-refractivity contribution < 1.29 is 14.4 Å². The molecule has 3 aromatic rings. The van der Waals surface area contributed by atoms with E-state index in [9.17, 15) is 14.4 Å². The van der Waals surface area contributed by atoms with Gasteiger partial charge in [0, 0.05) is 33.6 Å². The van der Waals surface area contributed by atoms with E-state index >= 15 is 0 Å². The molecule has 0 aliphatic carbocycles. The molecule has 1 fully saturated rings. The Morgan fingerprint density at radius 3 is 2.12 bits per heavy atom. The fourth-order valence-corrected chi connectivity index (χ4v) is 5.62. The lowest BCUT2D eigenvalue weighted by Gasteiger charge is -2.44. The van der Waals surface area contributed by atoms with Crippen LogP contribution in [0.25, 0.3) is 11.1 Å². The van der Waals surface area contributed by atoms with E-state index in [4.69, 9.17) is 5.73 Å². The Morgan fingerprint density at radius 2 is 1.52 bits per heavy atom. The second kappa shape index (κ2) is 13.3. The summed E-state index contributed by atoms with van der Waals surface area (Å²) in [4.78, 5) is 42.7. The van der Waals surface area contributed by atoms with Gasteiger partial charge in [-0.25, -0.2) is 5.43 Å². The molecule has 8 heteroatoms. The molecule has 0 saturated carbocycles. The molecule has 4 rings (SSSR count). The third kappa shape index (κ3) is 7.43. The summed E-state index contributed by atoms with van der Waals surface area (Å²) < 4.78 is 0. The highest BCUT2D eigenvalue weighted by Crippen LogP contribution is 2.36. The first-order valence-electron chi connectivity index (χ1n) is 14.5. The zero-order valence-corrected chi connectivity index (χ0v) is 25.1. The minimum absolute atomic E-state index is 0.0634. The SMILES string of the molecule is CNN(C)C(=O)C1(Cc2ccccc2)CCCN(C(=O)C(Cc2ccc(-c3ccccc3)cc2)NC(=O)C(C)(C)N)C1. The van der Waals surface area contributed by atoms with E-state index in [1.54, 1.807) is 32.8 Å². The van der Waals surface area contributed by atoms with Crippen molar-refractivity contribution in [1.82, 2.24) is 20.7 Å². The summed E-state index contributed by atoms with van der Waals surface area (Å²) in [5.41, 5.74) is 11.2. The van der Waals surface area contributed by atoms with Gasteiger partial charge in [0.25, 0.3) is 0 Å². The quantitative estimate of drug-likeness (QED) is 0.324. The predicted octanol–water partition coefficient (Wildman–Crippen LogP) is 3.56. The molecule has 3 aromatic carbocycles. The number of hydrogen-bond acceptors (Lipinski definition) is 5. The molecular weight excluding hydrogens is 526 g/mol. The number of carbonyl (C=O) groups is 3. The average Bonchev–Trinajstić information content (AvgIpc) is 3.00. The number of carbonyl (C=O) groups excluding carboxylic acids is 3. The molecule has 1 heterocycles. The lowest BCUT2D eigenvalue weighted by molar-refractivity contribution is -0.151. The van der Waals surface area contributed by atoms with Gasteiger partial charge in [-0.05, 0) is 55.4 Å². The van der Waals surface area contributed by atoms with E-state index in [1.807, 2.05) is 72.8 Å². The van der Waals surface area contributed by atoms with E-state index in [-0.39, 0.29) is 18.4 Å². The zero-order chi connectivity index (χ0) is 30.3. The molecule has 4 N–H and O–H groups in total. The summed E-state index contributed by atoms with van der Waals surface area (Å²) in [7, 11) is 3.42. The number of nitrogens with one attached hydrogen (secondary N) is 2. The van der Waals surface area contributed by atoms with Crippen molar-refractivity contribution in [2.24, 2.45) is 11.1 Å². The Labute approximate surface area is 249 Å². The highest BCUT2D eigenvalue weighted by molar-refractivity contribution is 5.92. The van der Waals surface area contributed by atoms with Crippen LogP contribution in [-0.2, 0) is 27.2 Å². The minimum atomic E-state index is -1.15. The molecule has 0 aromatic heterocycles. The van der Waals surface area contributed by atoms with Gasteiger partial charge < -0.3 is 16.0 Å².